The first-order chi connectivity index (χ1) is 5.70. The number of carboxylic acids is 1. The average Bonchev–Trinajstić information content (AvgIpc) is 1.98. The third kappa shape index (κ3) is 1.28. The van der Waals surface area contributed by atoms with Gasteiger partial charge in [0.2, 0.25) is 0 Å². The number of hydrogen-bond donors (Lipinski definition) is 1. The molecule has 0 amide bonds. The lowest BCUT2D eigenvalue weighted by atomic mass is 9.70. The summed E-state index contributed by atoms with van der Waals surface area (Å²) in [7, 11) is 0. The molecule has 1 saturated carbocycles. The summed E-state index contributed by atoms with van der Waals surface area (Å²) in [5.74, 6) is -12.9. The molecule has 13 heavy (non-hydrogen) atoms. The minimum atomic E-state index is -4.18. The zero-order chi connectivity index (χ0) is 10.4. The molecule has 76 valence electrons. The number of carboxylic acid groups (broad SMARTS) is 1. The maximum absolute atomic E-state index is 12.6. The van der Waals surface area contributed by atoms with Gasteiger partial charge in [-0.3, -0.25) is 4.79 Å². The van der Waals surface area contributed by atoms with Gasteiger partial charge in [-0.15, -0.1) is 0 Å². The Hall–Kier alpha value is -0.810. The van der Waals surface area contributed by atoms with E-state index >= 15 is 0 Å². The van der Waals surface area contributed by atoms with Gasteiger partial charge in [0.05, 0.1) is 5.92 Å². The smallest absolute Gasteiger partial charge is 0.314 e. The van der Waals surface area contributed by atoms with Crippen LogP contribution < -0.4 is 0 Å². The fourth-order valence-electron chi connectivity index (χ4n) is 1.34. The van der Waals surface area contributed by atoms with Gasteiger partial charge in [-0.05, 0) is 0 Å². The summed E-state index contributed by atoms with van der Waals surface area (Å²) in [5, 5.41) is 8.34. The van der Waals surface area contributed by atoms with Crippen LogP contribution in [0.25, 0.3) is 0 Å². The Labute approximate surface area is 71.5 Å². The monoisotopic (exact) mass is 200 g/mol. The summed E-state index contributed by atoms with van der Waals surface area (Å²) in [6.07, 6.45) is -1.05. The molecule has 0 radical (unpaired) electrons. The van der Waals surface area contributed by atoms with Gasteiger partial charge < -0.3 is 5.11 Å². The van der Waals surface area contributed by atoms with E-state index < -0.39 is 36.1 Å². The molecule has 6 heteroatoms. The van der Waals surface area contributed by atoms with Gasteiger partial charge in [-0.2, -0.15) is 17.6 Å². The standard InChI is InChI=1S/C7H8F4O2/c1-3(5(12)13)4-2-6(8,9)7(4,10)11/h3-4H,2H2,1H3,(H,12,13)/t3-,4?/m1/s1. The van der Waals surface area contributed by atoms with Crippen molar-refractivity contribution in [3.63, 3.8) is 0 Å². The molecule has 0 saturated heterocycles. The quantitative estimate of drug-likeness (QED) is 0.692. The first-order valence-electron chi connectivity index (χ1n) is 3.68. The molecule has 1 aliphatic carbocycles. The maximum atomic E-state index is 12.6. The van der Waals surface area contributed by atoms with E-state index in [1.807, 2.05) is 0 Å². The van der Waals surface area contributed by atoms with Gasteiger partial charge >= 0.3 is 17.8 Å². The summed E-state index contributed by atoms with van der Waals surface area (Å²) in [5.41, 5.74) is 0. The summed E-state index contributed by atoms with van der Waals surface area (Å²) < 4.78 is 49.6. The van der Waals surface area contributed by atoms with Crippen LogP contribution in [0.5, 0.6) is 0 Å². The first kappa shape index (κ1) is 10.3. The minimum absolute atomic E-state index is 1.01. The van der Waals surface area contributed by atoms with Crippen molar-refractivity contribution in [3.05, 3.63) is 0 Å². The summed E-state index contributed by atoms with van der Waals surface area (Å²) in [4.78, 5) is 10.3. The van der Waals surface area contributed by atoms with Crippen LogP contribution in [-0.4, -0.2) is 22.9 Å². The minimum Gasteiger partial charge on any atom is -0.481 e. The molecule has 1 N–H and O–H groups in total. The van der Waals surface area contributed by atoms with Crippen molar-refractivity contribution in [2.24, 2.45) is 11.8 Å². The Kier molecular flexibility index (Phi) is 2.04. The highest BCUT2D eigenvalue weighted by atomic mass is 19.3. The molecule has 1 rings (SSSR count). The van der Waals surface area contributed by atoms with E-state index in [9.17, 15) is 22.4 Å². The molecular formula is C7H8F4O2. The molecule has 2 atom stereocenters. The van der Waals surface area contributed by atoms with Crippen LogP contribution in [0.4, 0.5) is 17.6 Å². The van der Waals surface area contributed by atoms with Gasteiger partial charge in [0, 0.05) is 12.3 Å². The molecule has 1 aliphatic rings. The number of halogens is 4. The number of carbonyl (C=O) groups is 1. The molecule has 0 aliphatic heterocycles. The predicted octanol–water partition coefficient (Wildman–Crippen LogP) is 2.00. The average molecular weight is 200 g/mol. The van der Waals surface area contributed by atoms with E-state index in [1.54, 1.807) is 0 Å². The number of aliphatic carboxylic acids is 1. The number of alkyl halides is 4. The van der Waals surface area contributed by atoms with E-state index in [0.717, 1.165) is 6.92 Å². The Balaban J connectivity index is 2.74. The third-order valence-electron chi connectivity index (χ3n) is 2.42. The third-order valence-corrected chi connectivity index (χ3v) is 2.42. The van der Waals surface area contributed by atoms with Crippen molar-refractivity contribution in [2.45, 2.75) is 25.2 Å². The molecule has 1 unspecified atom stereocenters. The molecule has 2 nitrogen and oxygen atoms in total. The summed E-state index contributed by atoms with van der Waals surface area (Å²) in [6.45, 7) is 1.01. The van der Waals surface area contributed by atoms with E-state index in [1.165, 1.54) is 0 Å². The van der Waals surface area contributed by atoms with Gasteiger partial charge in [-0.25, -0.2) is 0 Å². The molecule has 0 bridgehead atoms. The Morgan fingerprint density at radius 1 is 1.46 bits per heavy atom. The fraction of sp³-hybridized carbons (Fsp3) is 0.857. The Morgan fingerprint density at radius 2 is 1.92 bits per heavy atom. The summed E-state index contributed by atoms with van der Waals surface area (Å²) in [6, 6.07) is 0. The van der Waals surface area contributed by atoms with E-state index in [2.05, 4.69) is 0 Å². The molecule has 0 heterocycles. The lowest BCUT2D eigenvalue weighted by Crippen LogP contribution is -2.61. The fourth-order valence-corrected chi connectivity index (χ4v) is 1.34. The molecular weight excluding hydrogens is 192 g/mol. The Bertz CT molecular complexity index is 239. The van der Waals surface area contributed by atoms with Gasteiger partial charge in [0.15, 0.2) is 0 Å². The van der Waals surface area contributed by atoms with Crippen LogP contribution in [0.15, 0.2) is 0 Å². The highest BCUT2D eigenvalue weighted by molar-refractivity contribution is 5.70. The highest BCUT2D eigenvalue weighted by Crippen LogP contribution is 2.57. The van der Waals surface area contributed by atoms with Gasteiger partial charge in [0.1, 0.15) is 0 Å². The van der Waals surface area contributed by atoms with Crippen LogP contribution in [0.3, 0.4) is 0 Å². The van der Waals surface area contributed by atoms with Crippen molar-refractivity contribution in [2.75, 3.05) is 0 Å². The highest BCUT2D eigenvalue weighted by Gasteiger charge is 2.73. The van der Waals surface area contributed by atoms with Crippen LogP contribution in [0.2, 0.25) is 0 Å². The molecule has 0 aromatic carbocycles. The Morgan fingerprint density at radius 3 is 2.15 bits per heavy atom. The number of hydrogen-bond acceptors (Lipinski definition) is 1. The summed E-state index contributed by atoms with van der Waals surface area (Å²) >= 11 is 0. The largest absolute Gasteiger partial charge is 0.481 e. The van der Waals surface area contributed by atoms with Crippen molar-refractivity contribution in [3.8, 4) is 0 Å². The maximum Gasteiger partial charge on any atom is 0.314 e. The second-order valence-corrected chi connectivity index (χ2v) is 3.26. The van der Waals surface area contributed by atoms with Crippen LogP contribution in [-0.2, 0) is 4.79 Å². The van der Waals surface area contributed by atoms with E-state index in [-0.39, 0.29) is 0 Å². The molecule has 1 fully saturated rings. The van der Waals surface area contributed by atoms with Crippen molar-refractivity contribution in [1.82, 2.24) is 0 Å². The van der Waals surface area contributed by atoms with Crippen molar-refractivity contribution < 1.29 is 27.5 Å². The van der Waals surface area contributed by atoms with Crippen molar-refractivity contribution in [1.29, 1.82) is 0 Å². The second-order valence-electron chi connectivity index (χ2n) is 3.26. The second kappa shape index (κ2) is 2.59. The van der Waals surface area contributed by atoms with Gasteiger partial charge in [-0.1, -0.05) is 6.92 Å². The lowest BCUT2D eigenvalue weighted by molar-refractivity contribution is -0.322. The molecule has 0 spiro atoms. The van der Waals surface area contributed by atoms with Crippen molar-refractivity contribution >= 4 is 5.97 Å². The first-order valence-corrected chi connectivity index (χ1v) is 3.68. The zero-order valence-electron chi connectivity index (χ0n) is 6.73. The topological polar surface area (TPSA) is 37.3 Å². The van der Waals surface area contributed by atoms with Crippen LogP contribution in [0.1, 0.15) is 13.3 Å². The SMILES string of the molecule is C[C@@H](C(=O)O)C1CC(F)(F)C1(F)F. The zero-order valence-corrected chi connectivity index (χ0v) is 6.73. The molecule has 0 aromatic rings. The molecule has 0 aromatic heterocycles. The normalized spacial score (nSPS) is 31.9. The van der Waals surface area contributed by atoms with Crippen LogP contribution >= 0.6 is 0 Å². The van der Waals surface area contributed by atoms with E-state index in [4.69, 9.17) is 5.11 Å². The number of rotatable bonds is 2. The van der Waals surface area contributed by atoms with E-state index in [0.29, 0.717) is 0 Å². The predicted molar refractivity (Wildman–Crippen MR) is 34.8 cm³/mol. The van der Waals surface area contributed by atoms with Crippen LogP contribution in [0, 0.1) is 11.8 Å². The lowest BCUT2D eigenvalue weighted by Gasteiger charge is -2.45. The van der Waals surface area contributed by atoms with Gasteiger partial charge in [0.25, 0.3) is 0 Å².